The summed E-state index contributed by atoms with van der Waals surface area (Å²) < 4.78 is 55.1. The highest BCUT2D eigenvalue weighted by Crippen LogP contribution is 2.41. The number of halogens is 4. The molecule has 184 valence electrons. The van der Waals surface area contributed by atoms with E-state index in [0.29, 0.717) is 17.6 Å². The lowest BCUT2D eigenvalue weighted by atomic mass is 10.0. The number of alkyl halides is 3. The molecule has 35 heavy (non-hydrogen) atoms. The number of H-pyrrole nitrogens is 1. The van der Waals surface area contributed by atoms with Crippen LogP contribution in [0.4, 0.5) is 28.4 Å². The van der Waals surface area contributed by atoms with Crippen LogP contribution in [-0.2, 0) is 11.0 Å². The van der Waals surface area contributed by atoms with E-state index in [9.17, 15) is 27.2 Å². The number of hydrogen-bond acceptors (Lipinski definition) is 6. The van der Waals surface area contributed by atoms with Gasteiger partial charge in [-0.25, -0.2) is 9.37 Å². The zero-order valence-corrected chi connectivity index (χ0v) is 19.5. The van der Waals surface area contributed by atoms with E-state index in [1.54, 1.807) is 6.92 Å². The van der Waals surface area contributed by atoms with Crippen molar-refractivity contribution < 1.29 is 27.2 Å². The summed E-state index contributed by atoms with van der Waals surface area (Å²) >= 11 is 0.893. The largest absolute Gasteiger partial charge is 0.418 e. The van der Waals surface area contributed by atoms with E-state index in [1.807, 2.05) is 0 Å². The average Bonchev–Trinajstić information content (AvgIpc) is 3.40. The van der Waals surface area contributed by atoms with Gasteiger partial charge in [0.2, 0.25) is 0 Å². The summed E-state index contributed by atoms with van der Waals surface area (Å²) in [6.45, 7) is 5.07. The molecule has 2 amide bonds. The lowest BCUT2D eigenvalue weighted by molar-refractivity contribution is -0.136. The quantitative estimate of drug-likeness (QED) is 0.277. The van der Waals surface area contributed by atoms with Crippen molar-refractivity contribution in [1.29, 1.82) is 0 Å². The van der Waals surface area contributed by atoms with Gasteiger partial charge in [-0.05, 0) is 45.0 Å². The number of anilines is 2. The normalized spacial score (nSPS) is 12.2. The third-order valence-electron chi connectivity index (χ3n) is 5.18. The van der Waals surface area contributed by atoms with Crippen LogP contribution in [0, 0.1) is 5.82 Å². The van der Waals surface area contributed by atoms with Gasteiger partial charge in [0.1, 0.15) is 11.4 Å². The lowest BCUT2D eigenvalue weighted by Gasteiger charge is -2.26. The number of carbonyl (C=O) groups excluding carboxylic acids is 2. The molecule has 8 nitrogen and oxygen atoms in total. The summed E-state index contributed by atoms with van der Waals surface area (Å²) in [5, 5.41) is 14.7. The molecule has 0 spiro atoms. The Hall–Kier alpha value is -3.74. The summed E-state index contributed by atoms with van der Waals surface area (Å²) in [6.07, 6.45) is -3.26. The van der Waals surface area contributed by atoms with Crippen molar-refractivity contribution in [3.05, 3.63) is 47.4 Å². The summed E-state index contributed by atoms with van der Waals surface area (Å²) in [6, 6.07) is 4.68. The highest BCUT2D eigenvalue weighted by Gasteiger charge is 2.36. The van der Waals surface area contributed by atoms with E-state index in [1.165, 1.54) is 32.2 Å². The molecule has 2 aromatic carbocycles. The predicted octanol–water partition coefficient (Wildman–Crippen LogP) is 4.91. The maximum absolute atomic E-state index is 14.1. The number of aromatic nitrogens is 3. The van der Waals surface area contributed by atoms with Crippen molar-refractivity contribution >= 4 is 55.1 Å². The van der Waals surface area contributed by atoms with Gasteiger partial charge >= 0.3 is 6.18 Å². The molecular formula is C22H20F4N6O2S. The third kappa shape index (κ3) is 4.76. The van der Waals surface area contributed by atoms with Gasteiger partial charge in [-0.3, -0.25) is 20.0 Å². The van der Waals surface area contributed by atoms with Crippen LogP contribution in [0.15, 0.2) is 30.5 Å². The van der Waals surface area contributed by atoms with Crippen molar-refractivity contribution in [1.82, 2.24) is 20.5 Å². The number of aromatic amines is 1. The number of hydrogen-bond donors (Lipinski definition) is 4. The van der Waals surface area contributed by atoms with Crippen molar-refractivity contribution in [2.45, 2.75) is 32.5 Å². The van der Waals surface area contributed by atoms with Gasteiger partial charge in [-0.1, -0.05) is 11.3 Å². The number of thiazole rings is 1. The van der Waals surface area contributed by atoms with Crippen LogP contribution in [0.3, 0.4) is 0 Å². The maximum Gasteiger partial charge on any atom is 0.418 e. The van der Waals surface area contributed by atoms with E-state index >= 15 is 0 Å². The fourth-order valence-corrected chi connectivity index (χ4v) is 4.46. The molecule has 2 heterocycles. The van der Waals surface area contributed by atoms with E-state index in [-0.39, 0.29) is 26.4 Å². The first-order chi connectivity index (χ1) is 16.4. The second-order valence-electron chi connectivity index (χ2n) is 8.21. The number of benzene rings is 2. The Bertz CT molecular complexity index is 1440. The van der Waals surface area contributed by atoms with Gasteiger partial charge in [0, 0.05) is 17.6 Å². The molecule has 0 saturated carbocycles. The first kappa shape index (κ1) is 24.4. The first-order valence-corrected chi connectivity index (χ1v) is 11.2. The minimum atomic E-state index is -4.65. The molecule has 0 atom stereocenters. The minimum absolute atomic E-state index is 0.0267. The molecule has 4 aromatic rings. The monoisotopic (exact) mass is 508 g/mol. The van der Waals surface area contributed by atoms with Gasteiger partial charge in [-0.2, -0.15) is 18.3 Å². The SMILES string of the molecule is CCNC(=O)c1cc(NC(C)(C)C(=O)Nc2nc3c(C(F)(F)F)cc4[nH]ncc4c3s2)ccc1F. The van der Waals surface area contributed by atoms with Crippen molar-refractivity contribution in [2.24, 2.45) is 0 Å². The molecule has 0 aliphatic rings. The number of carbonyl (C=O) groups is 2. The van der Waals surface area contributed by atoms with Crippen molar-refractivity contribution in [2.75, 3.05) is 17.2 Å². The van der Waals surface area contributed by atoms with Crippen LogP contribution in [0.2, 0.25) is 0 Å². The van der Waals surface area contributed by atoms with Crippen molar-refractivity contribution in [3.8, 4) is 0 Å². The van der Waals surface area contributed by atoms with Gasteiger partial charge < -0.3 is 10.6 Å². The molecule has 0 radical (unpaired) electrons. The van der Waals surface area contributed by atoms with E-state index in [2.05, 4.69) is 31.1 Å². The summed E-state index contributed by atoms with van der Waals surface area (Å²) in [7, 11) is 0. The van der Waals surface area contributed by atoms with Crippen LogP contribution in [0.5, 0.6) is 0 Å². The number of fused-ring (bicyclic) bond motifs is 3. The second-order valence-corrected chi connectivity index (χ2v) is 9.21. The number of nitrogens with one attached hydrogen (secondary N) is 4. The Morgan fingerprint density at radius 1 is 1.17 bits per heavy atom. The standard InChI is InChI=1S/C22H20F4N6O2S/c1-4-27-18(33)11-7-10(5-6-14(11)23)31-21(2,3)19(34)30-20-29-16-13(22(24,25)26)8-15-12(9-28-32-15)17(16)35-20/h5-9,31H,4H2,1-3H3,(H,27,33)(H,28,32)(H,29,30,34). The van der Waals surface area contributed by atoms with E-state index in [4.69, 9.17) is 0 Å². The Morgan fingerprint density at radius 2 is 1.91 bits per heavy atom. The van der Waals surface area contributed by atoms with Gasteiger partial charge in [0.15, 0.2) is 5.13 Å². The fraction of sp³-hybridized carbons (Fsp3) is 0.273. The van der Waals surface area contributed by atoms with E-state index < -0.39 is 34.9 Å². The van der Waals surface area contributed by atoms with Gasteiger partial charge in [0.25, 0.3) is 11.8 Å². The minimum Gasteiger partial charge on any atom is -0.372 e. The molecule has 0 bridgehead atoms. The summed E-state index contributed by atoms with van der Waals surface area (Å²) in [4.78, 5) is 29.1. The molecule has 0 saturated heterocycles. The third-order valence-corrected chi connectivity index (χ3v) is 6.19. The highest BCUT2D eigenvalue weighted by atomic mass is 32.1. The lowest BCUT2D eigenvalue weighted by Crippen LogP contribution is -2.44. The highest BCUT2D eigenvalue weighted by molar-refractivity contribution is 7.23. The Kier molecular flexibility index (Phi) is 6.13. The molecule has 0 fully saturated rings. The Balaban J connectivity index is 1.61. The predicted molar refractivity (Wildman–Crippen MR) is 125 cm³/mol. The molecule has 4 N–H and O–H groups in total. The maximum atomic E-state index is 14.1. The van der Waals surface area contributed by atoms with E-state index in [0.717, 1.165) is 23.5 Å². The van der Waals surface area contributed by atoms with Gasteiger partial charge in [-0.15, -0.1) is 0 Å². The number of rotatable bonds is 6. The molecule has 0 aliphatic heterocycles. The van der Waals surface area contributed by atoms with Gasteiger partial charge in [0.05, 0.1) is 33.1 Å². The second kappa shape index (κ2) is 8.80. The van der Waals surface area contributed by atoms with Crippen LogP contribution in [-0.4, -0.2) is 39.1 Å². The average molecular weight is 509 g/mol. The fourth-order valence-electron chi connectivity index (χ4n) is 3.46. The Labute approximate surface area is 200 Å². The number of amides is 2. The van der Waals surface area contributed by atoms with Crippen LogP contribution in [0.25, 0.3) is 21.1 Å². The summed E-state index contributed by atoms with van der Waals surface area (Å²) in [5.41, 5.74) is -2.22. The molecular weight excluding hydrogens is 488 g/mol. The zero-order valence-electron chi connectivity index (χ0n) is 18.7. The van der Waals surface area contributed by atoms with Crippen LogP contribution in [0.1, 0.15) is 36.7 Å². The van der Waals surface area contributed by atoms with Crippen LogP contribution < -0.4 is 16.0 Å². The number of nitrogens with zero attached hydrogens (tertiary/aromatic N) is 2. The molecule has 13 heteroatoms. The summed E-state index contributed by atoms with van der Waals surface area (Å²) in [5.74, 6) is -1.92. The topological polar surface area (TPSA) is 112 Å². The molecule has 4 rings (SSSR count). The first-order valence-electron chi connectivity index (χ1n) is 10.4. The van der Waals surface area contributed by atoms with Crippen molar-refractivity contribution in [3.63, 3.8) is 0 Å². The zero-order chi connectivity index (χ0) is 25.5. The molecule has 0 aliphatic carbocycles. The molecule has 2 aromatic heterocycles. The molecule has 0 unspecified atom stereocenters. The Morgan fingerprint density at radius 3 is 2.60 bits per heavy atom. The smallest absolute Gasteiger partial charge is 0.372 e. The van der Waals surface area contributed by atoms with Crippen LogP contribution >= 0.6 is 11.3 Å².